The first-order valence-electron chi connectivity index (χ1n) is 8.59. The Hall–Kier alpha value is -3.06. The van der Waals surface area contributed by atoms with Crippen LogP contribution in [0.3, 0.4) is 0 Å². The summed E-state index contributed by atoms with van der Waals surface area (Å²) in [6, 6.07) is 31.3. The van der Waals surface area contributed by atoms with Crippen molar-refractivity contribution in [2.75, 3.05) is 0 Å². The van der Waals surface area contributed by atoms with Crippen LogP contribution < -0.4 is 0 Å². The Morgan fingerprint density at radius 3 is 1.58 bits per heavy atom. The van der Waals surface area contributed by atoms with Gasteiger partial charge in [-0.25, -0.2) is 0 Å². The van der Waals surface area contributed by atoms with Crippen LogP contribution in [0, 0.1) is 0 Å². The number of thiocarbonyl (C=S) groups is 1. The summed E-state index contributed by atoms with van der Waals surface area (Å²) in [5.74, 6) is 0. The lowest BCUT2D eigenvalue weighted by Crippen LogP contribution is -1.89. The molecule has 3 aromatic carbocycles. The third kappa shape index (κ3) is 3.09. The molecule has 2 heteroatoms. The molecule has 0 atom stereocenters. The average Bonchev–Trinajstić information content (AvgIpc) is 3.10. The largest absolute Gasteiger partial charge is 0.194 e. The minimum absolute atomic E-state index is 0.827. The highest BCUT2D eigenvalue weighted by molar-refractivity contribution is 7.78. The second-order valence-corrected chi connectivity index (χ2v) is 6.34. The lowest BCUT2D eigenvalue weighted by Gasteiger charge is -2.09. The molecule has 26 heavy (non-hydrogen) atoms. The van der Waals surface area contributed by atoms with Crippen molar-refractivity contribution in [1.82, 2.24) is 0 Å². The fourth-order valence-corrected chi connectivity index (χ4v) is 3.58. The van der Waals surface area contributed by atoms with E-state index in [0.717, 1.165) is 23.3 Å². The fraction of sp³-hybridized carbons (Fsp3) is 0.0417. The van der Waals surface area contributed by atoms with Crippen molar-refractivity contribution in [2.24, 2.45) is 4.99 Å². The summed E-state index contributed by atoms with van der Waals surface area (Å²) in [5.41, 5.74) is 8.09. The van der Waals surface area contributed by atoms with Crippen molar-refractivity contribution in [3.8, 4) is 0 Å². The Kier molecular flexibility index (Phi) is 4.70. The molecule has 0 aliphatic heterocycles. The zero-order valence-corrected chi connectivity index (χ0v) is 15.0. The van der Waals surface area contributed by atoms with Gasteiger partial charge in [0, 0.05) is 12.0 Å². The van der Waals surface area contributed by atoms with Crippen molar-refractivity contribution in [2.45, 2.75) is 6.42 Å². The van der Waals surface area contributed by atoms with Gasteiger partial charge in [-0.05, 0) is 40.1 Å². The SMILES string of the molecule is S=C=NC1=C(c2ccccc2)CC(c2ccccc2)=C1c1ccccc1. The van der Waals surface area contributed by atoms with E-state index in [-0.39, 0.29) is 0 Å². The van der Waals surface area contributed by atoms with E-state index in [1.54, 1.807) is 0 Å². The van der Waals surface area contributed by atoms with Gasteiger partial charge in [0.25, 0.3) is 0 Å². The number of hydrogen-bond donors (Lipinski definition) is 0. The topological polar surface area (TPSA) is 12.4 Å². The number of aliphatic imine (C=N–C) groups is 1. The standard InChI is InChI=1S/C24H17NS/c26-17-25-24-22(19-12-6-2-7-13-19)16-21(18-10-4-1-5-11-18)23(24)20-14-8-3-9-15-20/h1-15H,16H2. The van der Waals surface area contributed by atoms with Crippen LogP contribution in [0.2, 0.25) is 0 Å². The summed E-state index contributed by atoms with van der Waals surface area (Å²) in [7, 11) is 0. The Labute approximate surface area is 159 Å². The number of hydrogen-bond acceptors (Lipinski definition) is 2. The van der Waals surface area contributed by atoms with Gasteiger partial charge < -0.3 is 0 Å². The Morgan fingerprint density at radius 1 is 0.615 bits per heavy atom. The summed E-state index contributed by atoms with van der Waals surface area (Å²) in [6.07, 6.45) is 0.827. The van der Waals surface area contributed by atoms with Crippen LogP contribution >= 0.6 is 12.2 Å². The van der Waals surface area contributed by atoms with E-state index in [2.05, 4.69) is 83.0 Å². The van der Waals surface area contributed by atoms with Gasteiger partial charge in [-0.2, -0.15) is 4.99 Å². The first-order chi connectivity index (χ1) is 12.9. The van der Waals surface area contributed by atoms with Gasteiger partial charge >= 0.3 is 0 Å². The van der Waals surface area contributed by atoms with E-state index in [4.69, 9.17) is 12.2 Å². The smallest absolute Gasteiger partial charge is 0.0862 e. The number of benzene rings is 3. The first-order valence-corrected chi connectivity index (χ1v) is 9.00. The average molecular weight is 351 g/mol. The van der Waals surface area contributed by atoms with Crippen LogP contribution in [-0.4, -0.2) is 5.16 Å². The molecule has 0 saturated carbocycles. The van der Waals surface area contributed by atoms with Gasteiger partial charge in [0.2, 0.25) is 0 Å². The highest BCUT2D eigenvalue weighted by atomic mass is 32.1. The molecule has 0 aromatic heterocycles. The molecule has 0 saturated heterocycles. The second kappa shape index (κ2) is 7.45. The Balaban J connectivity index is 1.97. The minimum Gasteiger partial charge on any atom is -0.194 e. The maximum Gasteiger partial charge on any atom is 0.0862 e. The lowest BCUT2D eigenvalue weighted by molar-refractivity contribution is 1.39. The summed E-state index contributed by atoms with van der Waals surface area (Å²) >= 11 is 4.98. The summed E-state index contributed by atoms with van der Waals surface area (Å²) < 4.78 is 0. The monoisotopic (exact) mass is 351 g/mol. The Morgan fingerprint density at radius 2 is 1.08 bits per heavy atom. The number of nitrogens with zero attached hydrogens (tertiary/aromatic N) is 1. The van der Waals surface area contributed by atoms with Crippen LogP contribution in [-0.2, 0) is 0 Å². The quantitative estimate of drug-likeness (QED) is 0.385. The van der Waals surface area contributed by atoms with Crippen LogP contribution in [0.5, 0.6) is 0 Å². The summed E-state index contributed by atoms with van der Waals surface area (Å²) in [6.45, 7) is 0. The zero-order chi connectivity index (χ0) is 17.8. The highest BCUT2D eigenvalue weighted by Gasteiger charge is 2.27. The van der Waals surface area contributed by atoms with Crippen molar-refractivity contribution in [3.05, 3.63) is 113 Å². The van der Waals surface area contributed by atoms with E-state index in [9.17, 15) is 0 Å². The van der Waals surface area contributed by atoms with Crippen LogP contribution in [0.1, 0.15) is 23.1 Å². The van der Waals surface area contributed by atoms with E-state index in [1.165, 1.54) is 22.3 Å². The number of isothiocyanates is 1. The number of allylic oxidation sites excluding steroid dienone is 3. The summed E-state index contributed by atoms with van der Waals surface area (Å²) in [5, 5.41) is 2.60. The molecule has 124 valence electrons. The predicted octanol–water partition coefficient (Wildman–Crippen LogP) is 6.52. The second-order valence-electron chi connectivity index (χ2n) is 6.16. The fourth-order valence-electron chi connectivity index (χ4n) is 3.49. The molecule has 4 rings (SSSR count). The lowest BCUT2D eigenvalue weighted by atomic mass is 9.95. The molecule has 0 bridgehead atoms. The van der Waals surface area contributed by atoms with Gasteiger partial charge in [-0.3, -0.25) is 0 Å². The van der Waals surface area contributed by atoms with Gasteiger partial charge in [-0.1, -0.05) is 91.0 Å². The molecule has 3 aromatic rings. The molecular weight excluding hydrogens is 334 g/mol. The molecule has 0 spiro atoms. The molecule has 0 fully saturated rings. The molecule has 1 aliphatic carbocycles. The van der Waals surface area contributed by atoms with Crippen molar-refractivity contribution >= 4 is 34.1 Å². The van der Waals surface area contributed by atoms with E-state index in [1.807, 2.05) is 18.2 Å². The highest BCUT2D eigenvalue weighted by Crippen LogP contribution is 2.47. The third-order valence-corrected chi connectivity index (χ3v) is 4.73. The van der Waals surface area contributed by atoms with Crippen molar-refractivity contribution in [1.29, 1.82) is 0 Å². The van der Waals surface area contributed by atoms with Crippen LogP contribution in [0.4, 0.5) is 0 Å². The molecule has 0 unspecified atom stereocenters. The minimum atomic E-state index is 0.827. The first kappa shape index (κ1) is 16.4. The molecule has 1 aliphatic rings. The van der Waals surface area contributed by atoms with Crippen molar-refractivity contribution < 1.29 is 0 Å². The maximum atomic E-state index is 4.98. The number of rotatable bonds is 4. The van der Waals surface area contributed by atoms with E-state index >= 15 is 0 Å². The van der Waals surface area contributed by atoms with Gasteiger partial charge in [0.15, 0.2) is 0 Å². The molecule has 0 amide bonds. The molecule has 0 N–H and O–H groups in total. The zero-order valence-electron chi connectivity index (χ0n) is 14.2. The van der Waals surface area contributed by atoms with Crippen molar-refractivity contribution in [3.63, 3.8) is 0 Å². The van der Waals surface area contributed by atoms with Crippen LogP contribution in [0.15, 0.2) is 102 Å². The third-order valence-electron chi connectivity index (χ3n) is 4.64. The van der Waals surface area contributed by atoms with Gasteiger partial charge in [-0.15, -0.1) is 0 Å². The normalized spacial score (nSPS) is 13.7. The molecule has 0 radical (unpaired) electrons. The van der Waals surface area contributed by atoms with E-state index in [0.29, 0.717) is 0 Å². The van der Waals surface area contributed by atoms with Gasteiger partial charge in [0.05, 0.1) is 10.9 Å². The maximum absolute atomic E-state index is 4.98. The molecule has 0 heterocycles. The summed E-state index contributed by atoms with van der Waals surface area (Å²) in [4.78, 5) is 4.50. The Bertz CT molecular complexity index is 1030. The molecular formula is C24H17NS. The molecule has 1 nitrogen and oxygen atoms in total. The van der Waals surface area contributed by atoms with Crippen LogP contribution in [0.25, 0.3) is 16.7 Å². The van der Waals surface area contributed by atoms with E-state index < -0.39 is 0 Å². The predicted molar refractivity (Wildman–Crippen MR) is 113 cm³/mol. The van der Waals surface area contributed by atoms with Gasteiger partial charge in [0.1, 0.15) is 0 Å².